The van der Waals surface area contributed by atoms with Crippen molar-refractivity contribution in [1.29, 1.82) is 0 Å². The van der Waals surface area contributed by atoms with Gasteiger partial charge in [-0.15, -0.1) is 0 Å². The fourth-order valence-corrected chi connectivity index (χ4v) is 0.974. The summed E-state index contributed by atoms with van der Waals surface area (Å²) in [6.45, 7) is 6.81. The summed E-state index contributed by atoms with van der Waals surface area (Å²) in [4.78, 5) is 10.8. The van der Waals surface area contributed by atoms with Crippen LogP contribution in [0.5, 0.6) is 0 Å². The lowest BCUT2D eigenvalue weighted by Gasteiger charge is -2.29. The van der Waals surface area contributed by atoms with E-state index in [4.69, 9.17) is 0 Å². The van der Waals surface area contributed by atoms with Crippen LogP contribution in [0.3, 0.4) is 0 Å². The second-order valence-corrected chi connectivity index (χ2v) is 3.82. The van der Waals surface area contributed by atoms with E-state index in [1.54, 1.807) is 0 Å². The zero-order chi connectivity index (χ0) is 9.07. The Morgan fingerprint density at radius 2 is 2.00 bits per heavy atom. The first-order chi connectivity index (χ1) is 4.92. The maximum Gasteiger partial charge on any atom is 0.130 e. The highest BCUT2D eigenvalue weighted by Crippen LogP contribution is 2.31. The molecule has 0 aromatic heterocycles. The van der Waals surface area contributed by atoms with Crippen molar-refractivity contribution in [3.63, 3.8) is 0 Å². The predicted octanol–water partition coefficient (Wildman–Crippen LogP) is 2.60. The zero-order valence-corrected chi connectivity index (χ0v) is 7.78. The summed E-state index contributed by atoms with van der Waals surface area (Å²) < 4.78 is 12.5. The fraction of sp³-hybridized carbons (Fsp3) is 0.889. The van der Waals surface area contributed by atoms with Crippen LogP contribution in [0, 0.1) is 11.3 Å². The highest BCUT2D eigenvalue weighted by atomic mass is 19.1. The van der Waals surface area contributed by atoms with Crippen molar-refractivity contribution in [2.45, 2.75) is 34.1 Å². The Morgan fingerprint density at radius 3 is 2.09 bits per heavy atom. The molecule has 0 saturated carbocycles. The normalized spacial score (nSPS) is 16.5. The van der Waals surface area contributed by atoms with Crippen molar-refractivity contribution in [2.75, 3.05) is 6.67 Å². The predicted molar refractivity (Wildman–Crippen MR) is 44.2 cm³/mol. The van der Waals surface area contributed by atoms with Gasteiger partial charge in [-0.25, -0.2) is 0 Å². The summed E-state index contributed by atoms with van der Waals surface area (Å²) in [5.41, 5.74) is -0.453. The van der Waals surface area contributed by atoms with Crippen LogP contribution in [-0.4, -0.2) is 12.5 Å². The summed E-state index contributed by atoms with van der Waals surface area (Å²) >= 11 is 0. The minimum Gasteiger partial charge on any atom is -0.300 e. The van der Waals surface area contributed by atoms with Gasteiger partial charge in [-0.1, -0.05) is 20.8 Å². The molecule has 0 fully saturated rings. The van der Waals surface area contributed by atoms with E-state index in [2.05, 4.69) is 0 Å². The molecule has 0 spiro atoms. The first-order valence-corrected chi connectivity index (χ1v) is 3.98. The maximum atomic E-state index is 12.5. The molecule has 0 aliphatic rings. The SMILES string of the molecule is CC(=O)CC(C)(CF)C(C)C. The molecule has 1 atom stereocenters. The Labute approximate surface area is 68.0 Å². The van der Waals surface area contributed by atoms with E-state index in [0.29, 0.717) is 6.42 Å². The molecular weight excluding hydrogens is 143 g/mol. The molecule has 0 aliphatic carbocycles. The molecule has 0 rings (SSSR count). The molecule has 2 heteroatoms. The van der Waals surface area contributed by atoms with Gasteiger partial charge in [0.2, 0.25) is 0 Å². The molecule has 11 heavy (non-hydrogen) atoms. The lowest BCUT2D eigenvalue weighted by atomic mass is 9.76. The summed E-state index contributed by atoms with van der Waals surface area (Å²) in [6, 6.07) is 0. The summed E-state index contributed by atoms with van der Waals surface area (Å²) in [5, 5.41) is 0. The largest absolute Gasteiger partial charge is 0.300 e. The molecule has 0 saturated heterocycles. The van der Waals surface area contributed by atoms with Crippen LogP contribution in [0.1, 0.15) is 34.1 Å². The van der Waals surface area contributed by atoms with Gasteiger partial charge in [0.05, 0.1) is 6.67 Å². The highest BCUT2D eigenvalue weighted by Gasteiger charge is 2.29. The third kappa shape index (κ3) is 3.00. The number of ketones is 1. The number of hydrogen-bond acceptors (Lipinski definition) is 1. The monoisotopic (exact) mass is 160 g/mol. The average molecular weight is 160 g/mol. The average Bonchev–Trinajstić information content (AvgIpc) is 1.86. The summed E-state index contributed by atoms with van der Waals surface area (Å²) in [5.74, 6) is 0.287. The van der Waals surface area contributed by atoms with E-state index >= 15 is 0 Å². The van der Waals surface area contributed by atoms with Crippen LogP contribution in [0.4, 0.5) is 4.39 Å². The smallest absolute Gasteiger partial charge is 0.130 e. The van der Waals surface area contributed by atoms with Gasteiger partial charge in [0.25, 0.3) is 0 Å². The second-order valence-electron chi connectivity index (χ2n) is 3.82. The minimum absolute atomic E-state index is 0.0684. The van der Waals surface area contributed by atoms with Crippen molar-refractivity contribution >= 4 is 5.78 Å². The van der Waals surface area contributed by atoms with Crippen LogP contribution < -0.4 is 0 Å². The Kier molecular flexibility index (Phi) is 3.70. The molecule has 1 nitrogen and oxygen atoms in total. The van der Waals surface area contributed by atoms with E-state index < -0.39 is 12.1 Å². The molecule has 0 aromatic rings. The van der Waals surface area contributed by atoms with Gasteiger partial charge in [0, 0.05) is 11.8 Å². The zero-order valence-electron chi connectivity index (χ0n) is 7.78. The van der Waals surface area contributed by atoms with Gasteiger partial charge in [0.15, 0.2) is 0 Å². The molecule has 66 valence electrons. The number of hydrogen-bond donors (Lipinski definition) is 0. The van der Waals surface area contributed by atoms with E-state index in [9.17, 15) is 9.18 Å². The van der Waals surface area contributed by atoms with Gasteiger partial charge < -0.3 is 4.79 Å². The molecule has 0 amide bonds. The van der Waals surface area contributed by atoms with Crippen LogP contribution in [0.15, 0.2) is 0 Å². The second kappa shape index (κ2) is 3.84. The van der Waals surface area contributed by atoms with Crippen LogP contribution in [-0.2, 0) is 4.79 Å². The molecule has 1 unspecified atom stereocenters. The molecule has 0 bridgehead atoms. The van der Waals surface area contributed by atoms with Gasteiger partial charge in [0.1, 0.15) is 5.78 Å². The van der Waals surface area contributed by atoms with Gasteiger partial charge >= 0.3 is 0 Å². The number of rotatable bonds is 4. The summed E-state index contributed by atoms with van der Waals surface area (Å²) in [7, 11) is 0. The molecule has 0 heterocycles. The fourth-order valence-electron chi connectivity index (χ4n) is 0.974. The number of alkyl halides is 1. The van der Waals surface area contributed by atoms with Crippen molar-refractivity contribution in [3.8, 4) is 0 Å². The Morgan fingerprint density at radius 1 is 1.55 bits per heavy atom. The van der Waals surface area contributed by atoms with Crippen molar-refractivity contribution < 1.29 is 9.18 Å². The Balaban J connectivity index is 4.22. The summed E-state index contributed by atoms with van der Waals surface area (Å²) in [6.07, 6.45) is 0.348. The molecule has 0 aromatic carbocycles. The van der Waals surface area contributed by atoms with Gasteiger partial charge in [-0.2, -0.15) is 0 Å². The van der Waals surface area contributed by atoms with Gasteiger partial charge in [-0.3, -0.25) is 4.39 Å². The van der Waals surface area contributed by atoms with Crippen molar-refractivity contribution in [3.05, 3.63) is 0 Å². The minimum atomic E-state index is -0.453. The number of Topliss-reactive ketones (excluding diaryl/α,β-unsaturated/α-hetero) is 1. The number of carbonyl (C=O) groups excluding carboxylic acids is 1. The Bertz CT molecular complexity index is 142. The van der Waals surface area contributed by atoms with Gasteiger partial charge in [-0.05, 0) is 12.8 Å². The number of halogens is 1. The lowest BCUT2D eigenvalue weighted by Crippen LogP contribution is -2.28. The third-order valence-electron chi connectivity index (χ3n) is 2.35. The molecule has 0 aliphatic heterocycles. The topological polar surface area (TPSA) is 17.1 Å². The molecule has 0 radical (unpaired) electrons. The lowest BCUT2D eigenvalue weighted by molar-refractivity contribution is -0.120. The van der Waals surface area contributed by atoms with Crippen molar-refractivity contribution in [2.24, 2.45) is 11.3 Å². The van der Waals surface area contributed by atoms with Crippen molar-refractivity contribution in [1.82, 2.24) is 0 Å². The third-order valence-corrected chi connectivity index (χ3v) is 2.35. The maximum absolute atomic E-state index is 12.5. The highest BCUT2D eigenvalue weighted by molar-refractivity contribution is 5.76. The van der Waals surface area contributed by atoms with E-state index in [1.807, 2.05) is 20.8 Å². The van der Waals surface area contributed by atoms with E-state index in [0.717, 1.165) is 0 Å². The number of carbonyl (C=O) groups is 1. The molecular formula is C9H17FO. The van der Waals surface area contributed by atoms with E-state index in [-0.39, 0.29) is 11.7 Å². The van der Waals surface area contributed by atoms with Crippen LogP contribution in [0.2, 0.25) is 0 Å². The Hall–Kier alpha value is -0.400. The van der Waals surface area contributed by atoms with Crippen LogP contribution >= 0.6 is 0 Å². The first kappa shape index (κ1) is 10.6. The first-order valence-electron chi connectivity index (χ1n) is 3.98. The van der Waals surface area contributed by atoms with E-state index in [1.165, 1.54) is 6.92 Å². The van der Waals surface area contributed by atoms with Crippen LogP contribution in [0.25, 0.3) is 0 Å². The molecule has 0 N–H and O–H groups in total. The quantitative estimate of drug-likeness (QED) is 0.617. The standard InChI is InChI=1S/C9H17FO/c1-7(2)9(4,6-10)5-8(3)11/h7H,5-6H2,1-4H3.